The molecule has 0 saturated carbocycles. The molecule has 14 heavy (non-hydrogen) atoms. The van der Waals surface area contributed by atoms with E-state index in [0.29, 0.717) is 0 Å². The molecule has 0 aromatic heterocycles. The molecule has 0 aliphatic heterocycles. The van der Waals surface area contributed by atoms with Crippen LogP contribution in [0.25, 0.3) is 0 Å². The molecule has 0 bridgehead atoms. The third-order valence-corrected chi connectivity index (χ3v) is 2.53. The van der Waals surface area contributed by atoms with Crippen molar-refractivity contribution >= 4 is 15.9 Å². The highest BCUT2D eigenvalue weighted by Crippen LogP contribution is 2.09. The predicted molar refractivity (Wildman–Crippen MR) is 65.3 cm³/mol. The highest BCUT2D eigenvalue weighted by Gasteiger charge is 1.98. The van der Waals surface area contributed by atoms with Crippen LogP contribution in [0.4, 0.5) is 0 Å². The fourth-order valence-corrected chi connectivity index (χ4v) is 1.69. The summed E-state index contributed by atoms with van der Waals surface area (Å²) in [5, 5.41) is 9.29. The van der Waals surface area contributed by atoms with Gasteiger partial charge in [-0.05, 0) is 17.7 Å². The van der Waals surface area contributed by atoms with Gasteiger partial charge in [0, 0.05) is 15.9 Å². The number of rotatable bonds is 8. The Labute approximate surface area is 96.4 Å². The Morgan fingerprint density at radius 2 is 1.64 bits per heavy atom. The van der Waals surface area contributed by atoms with Gasteiger partial charge in [-0.1, -0.05) is 51.4 Å². The molecular formula is C12H21BrO. The Balaban J connectivity index is 3.08. The van der Waals surface area contributed by atoms with E-state index in [0.717, 1.165) is 12.8 Å². The van der Waals surface area contributed by atoms with E-state index in [1.165, 1.54) is 38.5 Å². The van der Waals surface area contributed by atoms with Gasteiger partial charge in [0.05, 0.1) is 0 Å². The van der Waals surface area contributed by atoms with Crippen LogP contribution in [0, 0.1) is 10.8 Å². The quantitative estimate of drug-likeness (QED) is 0.520. The van der Waals surface area contributed by atoms with Crippen molar-refractivity contribution in [1.29, 1.82) is 0 Å². The lowest BCUT2D eigenvalue weighted by Crippen LogP contribution is -2.01. The van der Waals surface area contributed by atoms with E-state index in [2.05, 4.69) is 33.6 Å². The molecule has 0 aliphatic carbocycles. The van der Waals surface area contributed by atoms with E-state index in [1.54, 1.807) is 0 Å². The number of unbranched alkanes of at least 4 members (excludes halogenated alkanes) is 6. The molecule has 0 radical (unpaired) electrons. The average Bonchev–Trinajstić information content (AvgIpc) is 2.17. The predicted octanol–water partition coefficient (Wildman–Crippen LogP) is 3.84. The fraction of sp³-hybridized carbons (Fsp3) is 0.833. The van der Waals surface area contributed by atoms with Crippen molar-refractivity contribution < 1.29 is 5.11 Å². The molecule has 0 aliphatic rings. The smallest absolute Gasteiger partial charge is 0.115 e. The average molecular weight is 261 g/mol. The highest BCUT2D eigenvalue weighted by atomic mass is 79.9. The van der Waals surface area contributed by atoms with Crippen molar-refractivity contribution in [2.45, 2.75) is 64.4 Å². The first-order valence-corrected chi connectivity index (χ1v) is 6.39. The Morgan fingerprint density at radius 1 is 1.07 bits per heavy atom. The summed E-state index contributed by atoms with van der Waals surface area (Å²) in [5.41, 5.74) is 0. The van der Waals surface area contributed by atoms with Crippen LogP contribution in [0.15, 0.2) is 0 Å². The molecule has 0 amide bonds. The van der Waals surface area contributed by atoms with Crippen LogP contribution in [-0.4, -0.2) is 11.2 Å². The van der Waals surface area contributed by atoms with Crippen LogP contribution in [0.3, 0.4) is 0 Å². The number of aliphatic hydroxyl groups is 1. The minimum absolute atomic E-state index is 0.440. The first-order chi connectivity index (χ1) is 6.81. The fourth-order valence-electron chi connectivity index (χ4n) is 1.43. The Kier molecular flexibility index (Phi) is 11.1. The monoisotopic (exact) mass is 260 g/mol. The Hall–Kier alpha value is 0. The zero-order chi connectivity index (χ0) is 10.6. The molecule has 0 spiro atoms. The van der Waals surface area contributed by atoms with Crippen molar-refractivity contribution in [2.75, 3.05) is 0 Å². The number of aliphatic hydroxyl groups excluding tert-OH is 1. The molecule has 0 aromatic rings. The molecular weight excluding hydrogens is 240 g/mol. The summed E-state index contributed by atoms with van der Waals surface area (Å²) in [6.07, 6.45) is 9.36. The molecule has 1 atom stereocenters. The minimum Gasteiger partial charge on any atom is -0.380 e. The van der Waals surface area contributed by atoms with Gasteiger partial charge in [-0.3, -0.25) is 0 Å². The lowest BCUT2D eigenvalue weighted by Gasteiger charge is -2.02. The molecule has 0 saturated heterocycles. The second-order valence-corrected chi connectivity index (χ2v) is 4.06. The van der Waals surface area contributed by atoms with E-state index in [-0.39, 0.29) is 0 Å². The van der Waals surface area contributed by atoms with Gasteiger partial charge in [-0.15, -0.1) is 0 Å². The van der Waals surface area contributed by atoms with Crippen LogP contribution in [0.5, 0.6) is 0 Å². The Morgan fingerprint density at radius 3 is 2.21 bits per heavy atom. The molecule has 2 heteroatoms. The highest BCUT2D eigenvalue weighted by molar-refractivity contribution is 9.12. The largest absolute Gasteiger partial charge is 0.380 e. The first-order valence-electron chi connectivity index (χ1n) is 5.60. The molecule has 82 valence electrons. The summed E-state index contributed by atoms with van der Waals surface area (Å²) < 4.78 is 0. The molecule has 0 rings (SSSR count). The summed E-state index contributed by atoms with van der Waals surface area (Å²) >= 11 is 2.98. The van der Waals surface area contributed by atoms with Crippen molar-refractivity contribution in [1.82, 2.24) is 0 Å². The number of hydrogen-bond acceptors (Lipinski definition) is 1. The van der Waals surface area contributed by atoms with Gasteiger partial charge >= 0.3 is 0 Å². The van der Waals surface area contributed by atoms with Gasteiger partial charge < -0.3 is 5.11 Å². The summed E-state index contributed by atoms with van der Waals surface area (Å²) in [5.74, 6) is 2.68. The molecule has 0 heterocycles. The van der Waals surface area contributed by atoms with E-state index < -0.39 is 6.10 Å². The second kappa shape index (κ2) is 11.1. The van der Waals surface area contributed by atoms with Gasteiger partial charge in [0.2, 0.25) is 0 Å². The molecule has 1 nitrogen and oxygen atoms in total. The lowest BCUT2D eigenvalue weighted by molar-refractivity contribution is 0.217. The van der Waals surface area contributed by atoms with Crippen molar-refractivity contribution in [3.05, 3.63) is 0 Å². The van der Waals surface area contributed by atoms with E-state index >= 15 is 0 Å². The summed E-state index contributed by atoms with van der Waals surface area (Å²) in [7, 11) is 0. The van der Waals surface area contributed by atoms with Gasteiger partial charge in [0.1, 0.15) is 6.10 Å². The van der Waals surface area contributed by atoms with E-state index in [1.807, 2.05) is 0 Å². The van der Waals surface area contributed by atoms with Crippen LogP contribution in [0.2, 0.25) is 0 Å². The van der Waals surface area contributed by atoms with Crippen molar-refractivity contribution in [3.63, 3.8) is 0 Å². The first kappa shape index (κ1) is 14.0. The van der Waals surface area contributed by atoms with E-state index in [9.17, 15) is 5.11 Å². The molecule has 0 aromatic carbocycles. The lowest BCUT2D eigenvalue weighted by atomic mass is 10.1. The van der Waals surface area contributed by atoms with Gasteiger partial charge in [-0.25, -0.2) is 0 Å². The zero-order valence-corrected chi connectivity index (χ0v) is 10.6. The maximum Gasteiger partial charge on any atom is 0.115 e. The van der Waals surface area contributed by atoms with Crippen LogP contribution >= 0.6 is 15.9 Å². The van der Waals surface area contributed by atoms with Gasteiger partial charge in [-0.2, -0.15) is 0 Å². The van der Waals surface area contributed by atoms with Crippen LogP contribution < -0.4 is 0 Å². The summed E-state index contributed by atoms with van der Waals surface area (Å²) in [4.78, 5) is 2.55. The third kappa shape index (κ3) is 10.1. The van der Waals surface area contributed by atoms with Crippen molar-refractivity contribution in [2.24, 2.45) is 0 Å². The summed E-state index contributed by atoms with van der Waals surface area (Å²) in [6, 6.07) is 0. The maximum absolute atomic E-state index is 9.29. The molecule has 0 fully saturated rings. The minimum atomic E-state index is -0.440. The third-order valence-electron chi connectivity index (χ3n) is 2.30. The summed E-state index contributed by atoms with van der Waals surface area (Å²) in [6.45, 7) is 2.23. The van der Waals surface area contributed by atoms with Gasteiger partial charge in [0.15, 0.2) is 0 Å². The van der Waals surface area contributed by atoms with Crippen LogP contribution in [0.1, 0.15) is 58.3 Å². The van der Waals surface area contributed by atoms with Crippen LogP contribution in [-0.2, 0) is 0 Å². The molecule has 1 N–H and O–H groups in total. The van der Waals surface area contributed by atoms with Crippen molar-refractivity contribution in [3.8, 4) is 10.8 Å². The Bertz CT molecular complexity index is 169. The number of halogens is 1. The maximum atomic E-state index is 9.29. The standard InChI is InChI=1S/C12H21BrO/c1-2-3-4-5-6-7-8-9-12(14)10-11-13/h12,14H,2-9H2,1H3/t12-/m0/s1. The van der Waals surface area contributed by atoms with E-state index in [4.69, 9.17) is 0 Å². The molecule has 0 unspecified atom stereocenters. The topological polar surface area (TPSA) is 20.2 Å². The van der Waals surface area contributed by atoms with Gasteiger partial charge in [0.25, 0.3) is 0 Å². The normalized spacial score (nSPS) is 11.9. The number of hydrogen-bond donors (Lipinski definition) is 1. The SMILES string of the molecule is CCCCCCCCC[C@H](O)C#CBr. The second-order valence-electron chi connectivity index (χ2n) is 3.66. The zero-order valence-electron chi connectivity index (χ0n) is 9.06.